The molecule has 1 aromatic heterocycles. The normalized spacial score (nSPS) is 11.9. The summed E-state index contributed by atoms with van der Waals surface area (Å²) in [5, 5.41) is 1.20. The molecule has 4 aromatic rings. The van der Waals surface area contributed by atoms with Crippen LogP contribution in [0.5, 0.6) is 0 Å². The smallest absolute Gasteiger partial charge is 0.297 e. The third kappa shape index (κ3) is 3.32. The predicted octanol–water partition coefficient (Wildman–Crippen LogP) is 3.87. The molecular weight excluding hydrogens is 374 g/mol. The van der Waals surface area contributed by atoms with E-state index in [1.54, 1.807) is 24.3 Å². The minimum absolute atomic E-state index is 0.0318. The molecule has 5 nitrogen and oxygen atoms in total. The fourth-order valence-corrected chi connectivity index (χ4v) is 4.23. The Bertz CT molecular complexity index is 1260. The SMILES string of the molecule is Cc1ccc(S(=O)(=O)OCCn2c3ccccc3c(=O)c3ccccc32)cc1. The van der Waals surface area contributed by atoms with E-state index in [0.29, 0.717) is 17.3 Å². The average Bonchev–Trinajstić information content (AvgIpc) is 2.71. The summed E-state index contributed by atoms with van der Waals surface area (Å²) in [5.41, 5.74) is 2.45. The van der Waals surface area contributed by atoms with E-state index in [9.17, 15) is 13.2 Å². The lowest BCUT2D eigenvalue weighted by Crippen LogP contribution is -2.16. The number of fused-ring (bicyclic) bond motifs is 2. The zero-order valence-corrected chi connectivity index (χ0v) is 16.1. The summed E-state index contributed by atoms with van der Waals surface area (Å²) >= 11 is 0. The molecule has 0 saturated carbocycles. The van der Waals surface area contributed by atoms with E-state index in [1.807, 2.05) is 47.9 Å². The predicted molar refractivity (Wildman–Crippen MR) is 110 cm³/mol. The highest BCUT2D eigenvalue weighted by Gasteiger charge is 2.16. The topological polar surface area (TPSA) is 65.4 Å². The Hall–Kier alpha value is -2.96. The van der Waals surface area contributed by atoms with Gasteiger partial charge in [0.1, 0.15) is 0 Å². The van der Waals surface area contributed by atoms with Gasteiger partial charge in [-0.3, -0.25) is 8.98 Å². The summed E-state index contributed by atoms with van der Waals surface area (Å²) in [7, 11) is -3.84. The summed E-state index contributed by atoms with van der Waals surface area (Å²) in [6.45, 7) is 2.16. The van der Waals surface area contributed by atoms with Crippen molar-refractivity contribution in [3.63, 3.8) is 0 Å². The summed E-state index contributed by atoms with van der Waals surface area (Å²) in [5.74, 6) is 0. The van der Waals surface area contributed by atoms with Gasteiger partial charge in [0.05, 0.1) is 22.5 Å². The van der Waals surface area contributed by atoms with E-state index in [0.717, 1.165) is 16.6 Å². The average molecular weight is 393 g/mol. The summed E-state index contributed by atoms with van der Waals surface area (Å²) < 4.78 is 32.1. The summed E-state index contributed by atoms with van der Waals surface area (Å²) in [4.78, 5) is 12.9. The van der Waals surface area contributed by atoms with E-state index >= 15 is 0 Å². The zero-order chi connectivity index (χ0) is 19.7. The number of pyridine rings is 1. The van der Waals surface area contributed by atoms with Crippen LogP contribution < -0.4 is 5.43 Å². The molecule has 0 aliphatic rings. The quantitative estimate of drug-likeness (QED) is 0.381. The number of nitrogens with zero attached hydrogens (tertiary/aromatic N) is 1. The molecule has 1 heterocycles. The molecule has 6 heteroatoms. The molecule has 0 bridgehead atoms. The second-order valence-electron chi connectivity index (χ2n) is 6.60. The van der Waals surface area contributed by atoms with Crippen LogP contribution in [0.25, 0.3) is 21.8 Å². The first-order chi connectivity index (χ1) is 13.5. The van der Waals surface area contributed by atoms with Gasteiger partial charge in [0.2, 0.25) is 0 Å². The Balaban J connectivity index is 1.69. The van der Waals surface area contributed by atoms with Gasteiger partial charge in [-0.1, -0.05) is 42.0 Å². The molecule has 4 rings (SSSR count). The van der Waals surface area contributed by atoms with Crippen LogP contribution >= 0.6 is 0 Å². The van der Waals surface area contributed by atoms with Crippen LogP contribution in [0.4, 0.5) is 0 Å². The maximum Gasteiger partial charge on any atom is 0.297 e. The van der Waals surface area contributed by atoms with E-state index in [4.69, 9.17) is 4.18 Å². The standard InChI is InChI=1S/C22H19NO4S/c1-16-10-12-17(13-11-16)28(25,26)27-15-14-23-20-8-4-2-6-18(20)22(24)19-7-3-5-9-21(19)23/h2-13H,14-15H2,1H3. The third-order valence-corrected chi connectivity index (χ3v) is 6.07. The fourth-order valence-electron chi connectivity index (χ4n) is 3.33. The number of aryl methyl sites for hydroxylation is 1. The Morgan fingerprint density at radius 2 is 1.36 bits per heavy atom. The molecule has 3 aromatic carbocycles. The Kier molecular flexibility index (Phi) is 4.75. The maximum absolute atomic E-state index is 12.7. The first kappa shape index (κ1) is 18.4. The number of para-hydroxylation sites is 2. The van der Waals surface area contributed by atoms with Crippen LogP contribution in [0.15, 0.2) is 82.5 Å². The van der Waals surface area contributed by atoms with Gasteiger partial charge in [-0.25, -0.2) is 0 Å². The molecule has 0 saturated heterocycles. The second-order valence-corrected chi connectivity index (χ2v) is 8.22. The molecule has 0 fully saturated rings. The first-order valence-electron chi connectivity index (χ1n) is 8.94. The van der Waals surface area contributed by atoms with Gasteiger partial charge in [0.25, 0.3) is 10.1 Å². The number of aromatic nitrogens is 1. The van der Waals surface area contributed by atoms with Gasteiger partial charge in [-0.15, -0.1) is 0 Å². The third-order valence-electron chi connectivity index (χ3n) is 4.74. The van der Waals surface area contributed by atoms with Gasteiger partial charge in [0.15, 0.2) is 5.43 Å². The van der Waals surface area contributed by atoms with Gasteiger partial charge in [0, 0.05) is 17.3 Å². The molecule has 0 amide bonds. The molecule has 0 N–H and O–H groups in total. The minimum Gasteiger partial charge on any atom is -0.338 e. The van der Waals surface area contributed by atoms with Crippen LogP contribution in [-0.4, -0.2) is 19.6 Å². The van der Waals surface area contributed by atoms with E-state index < -0.39 is 10.1 Å². The fraction of sp³-hybridized carbons (Fsp3) is 0.136. The van der Waals surface area contributed by atoms with Crippen molar-refractivity contribution in [2.24, 2.45) is 0 Å². The van der Waals surface area contributed by atoms with Crippen molar-refractivity contribution in [1.82, 2.24) is 4.57 Å². The monoisotopic (exact) mass is 393 g/mol. The molecule has 142 valence electrons. The Labute approximate surface area is 162 Å². The molecule has 0 radical (unpaired) electrons. The van der Waals surface area contributed by atoms with Gasteiger partial charge < -0.3 is 4.57 Å². The van der Waals surface area contributed by atoms with E-state index in [1.165, 1.54) is 12.1 Å². The van der Waals surface area contributed by atoms with Crippen LogP contribution in [-0.2, 0) is 20.8 Å². The van der Waals surface area contributed by atoms with E-state index in [-0.39, 0.29) is 16.9 Å². The molecule has 28 heavy (non-hydrogen) atoms. The Morgan fingerprint density at radius 3 is 1.93 bits per heavy atom. The lowest BCUT2D eigenvalue weighted by atomic mass is 10.1. The summed E-state index contributed by atoms with van der Waals surface area (Å²) in [6.07, 6.45) is 0. The van der Waals surface area contributed by atoms with Crippen LogP contribution in [0.2, 0.25) is 0 Å². The molecule has 0 atom stereocenters. The van der Waals surface area contributed by atoms with Gasteiger partial charge >= 0.3 is 0 Å². The van der Waals surface area contributed by atoms with Crippen LogP contribution in [0, 0.1) is 6.92 Å². The molecule has 0 spiro atoms. The van der Waals surface area contributed by atoms with Crippen molar-refractivity contribution in [3.8, 4) is 0 Å². The van der Waals surface area contributed by atoms with Crippen molar-refractivity contribution in [3.05, 3.63) is 88.6 Å². The highest BCUT2D eigenvalue weighted by Crippen LogP contribution is 2.20. The van der Waals surface area contributed by atoms with Gasteiger partial charge in [-0.2, -0.15) is 8.42 Å². The molecule has 0 aliphatic carbocycles. The van der Waals surface area contributed by atoms with Crippen molar-refractivity contribution in [2.75, 3.05) is 6.61 Å². The van der Waals surface area contributed by atoms with Crippen molar-refractivity contribution in [2.45, 2.75) is 18.4 Å². The molecular formula is C22H19NO4S. The Morgan fingerprint density at radius 1 is 0.821 bits per heavy atom. The highest BCUT2D eigenvalue weighted by atomic mass is 32.2. The van der Waals surface area contributed by atoms with Crippen molar-refractivity contribution >= 4 is 31.9 Å². The number of hydrogen-bond donors (Lipinski definition) is 0. The number of benzene rings is 3. The minimum atomic E-state index is -3.84. The zero-order valence-electron chi connectivity index (χ0n) is 15.3. The lowest BCUT2D eigenvalue weighted by Gasteiger charge is -2.15. The number of rotatable bonds is 5. The molecule has 0 unspecified atom stereocenters. The maximum atomic E-state index is 12.7. The second kappa shape index (κ2) is 7.22. The van der Waals surface area contributed by atoms with E-state index in [2.05, 4.69) is 0 Å². The number of hydrogen-bond acceptors (Lipinski definition) is 4. The van der Waals surface area contributed by atoms with Crippen molar-refractivity contribution < 1.29 is 12.6 Å². The van der Waals surface area contributed by atoms with Crippen LogP contribution in [0.3, 0.4) is 0 Å². The van der Waals surface area contributed by atoms with Gasteiger partial charge in [-0.05, 0) is 43.3 Å². The first-order valence-corrected chi connectivity index (χ1v) is 10.3. The molecule has 0 aliphatic heterocycles. The summed E-state index contributed by atoms with van der Waals surface area (Å²) in [6, 6.07) is 21.2. The largest absolute Gasteiger partial charge is 0.338 e. The van der Waals surface area contributed by atoms with Crippen LogP contribution in [0.1, 0.15) is 5.56 Å². The van der Waals surface area contributed by atoms with Crippen molar-refractivity contribution in [1.29, 1.82) is 0 Å². The lowest BCUT2D eigenvalue weighted by molar-refractivity contribution is 0.304. The highest BCUT2D eigenvalue weighted by molar-refractivity contribution is 7.86.